The van der Waals surface area contributed by atoms with E-state index in [4.69, 9.17) is 9.72 Å². The monoisotopic (exact) mass is 541 g/mol. The van der Waals surface area contributed by atoms with Gasteiger partial charge in [0, 0.05) is 37.2 Å². The number of rotatable bonds is 8. The maximum atomic E-state index is 13.3. The first-order chi connectivity index (χ1) is 18.0. The van der Waals surface area contributed by atoms with Crippen LogP contribution in [0.5, 0.6) is 0 Å². The van der Waals surface area contributed by atoms with Crippen molar-refractivity contribution in [2.24, 2.45) is 0 Å². The number of nitrogens with zero attached hydrogens (tertiary/aromatic N) is 4. The molecule has 2 aromatic carbocycles. The molecule has 1 fully saturated rings. The van der Waals surface area contributed by atoms with E-state index in [9.17, 15) is 9.59 Å². The second-order valence-electron chi connectivity index (χ2n) is 9.28. The third-order valence-corrected chi connectivity index (χ3v) is 6.83. The Morgan fingerprint density at radius 3 is 2.39 bits per heavy atom. The molecule has 0 bridgehead atoms. The molecule has 194 valence electrons. The summed E-state index contributed by atoms with van der Waals surface area (Å²) in [6, 6.07) is 17.5. The van der Waals surface area contributed by atoms with Gasteiger partial charge in [0.05, 0.1) is 25.5 Å². The van der Waals surface area contributed by atoms with Crippen molar-refractivity contribution in [3.8, 4) is 22.5 Å². The number of aromatic nitrogens is 4. The van der Waals surface area contributed by atoms with Gasteiger partial charge in [-0.25, -0.2) is 9.78 Å². The molecule has 1 atom stereocenters. The van der Waals surface area contributed by atoms with Crippen molar-refractivity contribution < 1.29 is 9.26 Å². The molecule has 0 spiro atoms. The average Bonchev–Trinajstić information content (AvgIpc) is 3.37. The van der Waals surface area contributed by atoms with Gasteiger partial charge in [0.25, 0.3) is 5.56 Å². The van der Waals surface area contributed by atoms with Crippen LogP contribution in [-0.4, -0.2) is 102 Å². The van der Waals surface area contributed by atoms with E-state index in [1.807, 2.05) is 48.5 Å². The second kappa shape index (κ2) is 13.3. The SMILES string of the molecule is CCCc1nc(C(C)N2CCOCC2)cc(=O)n1Cc1ccc(-c2ccccc2-c2noc(=O)[nH]2)cc1.[KH]. The molecule has 1 saturated heterocycles. The molecule has 0 amide bonds. The molecular weight excluding hydrogens is 509 g/mol. The third-order valence-electron chi connectivity index (χ3n) is 6.83. The van der Waals surface area contributed by atoms with Gasteiger partial charge in [-0.3, -0.25) is 23.8 Å². The van der Waals surface area contributed by atoms with E-state index in [1.165, 1.54) is 0 Å². The van der Waals surface area contributed by atoms with E-state index >= 15 is 0 Å². The standard InChI is InChI=1S/C28H31N5O4.K.H/c1-3-6-25-29-24(19(2)32-13-15-36-16-14-32)17-26(34)33(25)18-20-9-11-21(12-10-20)22-7-4-5-8-23(22)27-30-28(35)37-31-27;;/h4-5,7-12,17,19H,3,6,13-16,18H2,1-2H3,(H,30,31,35);;. The minimum atomic E-state index is -0.590. The quantitative estimate of drug-likeness (QED) is 0.342. The van der Waals surface area contributed by atoms with Crippen LogP contribution in [0.15, 0.2) is 68.7 Å². The summed E-state index contributed by atoms with van der Waals surface area (Å²) in [5, 5.41) is 3.83. The number of nitrogens with one attached hydrogen (secondary N) is 1. The topological polar surface area (TPSA) is 106 Å². The average molecular weight is 542 g/mol. The second-order valence-corrected chi connectivity index (χ2v) is 9.28. The molecule has 0 aliphatic carbocycles. The summed E-state index contributed by atoms with van der Waals surface area (Å²) in [6.07, 6.45) is 1.64. The van der Waals surface area contributed by atoms with Gasteiger partial charge in [-0.2, -0.15) is 0 Å². The van der Waals surface area contributed by atoms with Gasteiger partial charge < -0.3 is 4.74 Å². The molecule has 1 aliphatic rings. The Bertz CT molecular complexity index is 1470. The van der Waals surface area contributed by atoms with E-state index < -0.39 is 5.76 Å². The number of benzene rings is 2. The van der Waals surface area contributed by atoms with Crippen molar-refractivity contribution in [2.75, 3.05) is 26.3 Å². The molecule has 0 radical (unpaired) electrons. The van der Waals surface area contributed by atoms with E-state index in [-0.39, 0.29) is 63.0 Å². The van der Waals surface area contributed by atoms with Gasteiger partial charge in [-0.1, -0.05) is 60.6 Å². The summed E-state index contributed by atoms with van der Waals surface area (Å²) in [5.74, 6) is 0.611. The predicted octanol–water partition coefficient (Wildman–Crippen LogP) is 3.00. The summed E-state index contributed by atoms with van der Waals surface area (Å²) in [4.78, 5) is 34.6. The molecule has 1 N–H and O–H groups in total. The van der Waals surface area contributed by atoms with Crippen molar-refractivity contribution in [3.63, 3.8) is 0 Å². The zero-order chi connectivity index (χ0) is 25.8. The fourth-order valence-electron chi connectivity index (χ4n) is 4.78. The zero-order valence-corrected chi connectivity index (χ0v) is 21.1. The number of morpholine rings is 1. The maximum absolute atomic E-state index is 13.3. The van der Waals surface area contributed by atoms with Crippen molar-refractivity contribution in [2.45, 2.75) is 39.3 Å². The van der Waals surface area contributed by atoms with Gasteiger partial charge in [0.1, 0.15) is 5.82 Å². The summed E-state index contributed by atoms with van der Waals surface area (Å²) in [6.45, 7) is 7.77. The Hall–Kier alpha value is -2.18. The first-order valence-corrected chi connectivity index (χ1v) is 12.7. The summed E-state index contributed by atoms with van der Waals surface area (Å²) in [7, 11) is 0. The first kappa shape index (κ1) is 28.8. The molecular formula is C28H32KN5O4. The minimum absolute atomic E-state index is 0. The number of aromatic amines is 1. The number of H-pyrrole nitrogens is 1. The number of hydrogen-bond acceptors (Lipinski definition) is 7. The van der Waals surface area contributed by atoms with Crippen LogP contribution in [0.25, 0.3) is 22.5 Å². The molecule has 1 aliphatic heterocycles. The van der Waals surface area contributed by atoms with Crippen LogP contribution in [0, 0.1) is 0 Å². The van der Waals surface area contributed by atoms with Crippen LogP contribution in [0.4, 0.5) is 0 Å². The molecule has 10 heteroatoms. The molecule has 4 aromatic rings. The van der Waals surface area contributed by atoms with Crippen LogP contribution < -0.4 is 11.3 Å². The Morgan fingerprint density at radius 1 is 1.03 bits per heavy atom. The molecule has 0 saturated carbocycles. The molecule has 5 rings (SSSR count). The van der Waals surface area contributed by atoms with Crippen molar-refractivity contribution >= 4 is 51.4 Å². The normalized spacial score (nSPS) is 14.7. The van der Waals surface area contributed by atoms with Gasteiger partial charge in [0.15, 0.2) is 5.82 Å². The Kier molecular flexibility index (Phi) is 10.0. The summed E-state index contributed by atoms with van der Waals surface area (Å²) >= 11 is 0. The van der Waals surface area contributed by atoms with E-state index in [2.05, 4.69) is 33.4 Å². The molecule has 38 heavy (non-hydrogen) atoms. The van der Waals surface area contributed by atoms with Gasteiger partial charge in [-0.05, 0) is 30.0 Å². The Labute approximate surface area is 263 Å². The third kappa shape index (κ3) is 6.51. The molecule has 1 unspecified atom stereocenters. The van der Waals surface area contributed by atoms with E-state index in [1.54, 1.807) is 10.6 Å². The van der Waals surface area contributed by atoms with E-state index in [0.29, 0.717) is 25.6 Å². The number of hydrogen-bond donors (Lipinski definition) is 1. The van der Waals surface area contributed by atoms with Crippen LogP contribution in [-0.2, 0) is 17.7 Å². The zero-order valence-electron chi connectivity index (χ0n) is 21.1. The van der Waals surface area contributed by atoms with Gasteiger partial charge in [0.2, 0.25) is 0 Å². The van der Waals surface area contributed by atoms with Crippen LogP contribution in [0.3, 0.4) is 0 Å². The van der Waals surface area contributed by atoms with E-state index in [0.717, 1.165) is 59.7 Å². The van der Waals surface area contributed by atoms with Crippen molar-refractivity contribution in [1.29, 1.82) is 0 Å². The molecule has 9 nitrogen and oxygen atoms in total. The number of ether oxygens (including phenoxy) is 1. The Morgan fingerprint density at radius 2 is 1.74 bits per heavy atom. The van der Waals surface area contributed by atoms with Gasteiger partial charge in [-0.15, -0.1) is 0 Å². The van der Waals surface area contributed by atoms with Crippen LogP contribution in [0.2, 0.25) is 0 Å². The van der Waals surface area contributed by atoms with Crippen LogP contribution >= 0.6 is 0 Å². The fraction of sp³-hybridized carbons (Fsp3) is 0.357. The summed E-state index contributed by atoms with van der Waals surface area (Å²) < 4.78 is 11.9. The van der Waals surface area contributed by atoms with Crippen molar-refractivity contribution in [3.05, 3.63) is 92.6 Å². The van der Waals surface area contributed by atoms with Crippen LogP contribution in [0.1, 0.15) is 43.4 Å². The first-order valence-electron chi connectivity index (χ1n) is 12.7. The van der Waals surface area contributed by atoms with Gasteiger partial charge >= 0.3 is 57.1 Å². The molecule has 2 aromatic heterocycles. The number of aryl methyl sites for hydroxylation is 1. The predicted molar refractivity (Wildman–Crippen MR) is 148 cm³/mol. The Balaban J connectivity index is 0.00000336. The fourth-order valence-corrected chi connectivity index (χ4v) is 4.78. The molecule has 3 heterocycles. The van der Waals surface area contributed by atoms with Crippen molar-refractivity contribution in [1.82, 2.24) is 24.6 Å². The summed E-state index contributed by atoms with van der Waals surface area (Å²) in [5.41, 5.74) is 4.47.